The van der Waals surface area contributed by atoms with E-state index < -0.39 is 35.8 Å². The molecule has 1 saturated carbocycles. The van der Waals surface area contributed by atoms with Gasteiger partial charge in [0.1, 0.15) is 24.4 Å². The Balaban J connectivity index is 1.36. The van der Waals surface area contributed by atoms with E-state index in [1.807, 2.05) is 30.3 Å². The summed E-state index contributed by atoms with van der Waals surface area (Å²) in [6.45, 7) is 0.0487. The minimum Gasteiger partial charge on any atom is -0.496 e. The maximum Gasteiger partial charge on any atom is 0.450 e. The van der Waals surface area contributed by atoms with E-state index >= 15 is 0 Å². The van der Waals surface area contributed by atoms with Crippen LogP contribution >= 0.6 is 0 Å². The third kappa shape index (κ3) is 5.88. The van der Waals surface area contributed by atoms with Crippen LogP contribution in [0.25, 0.3) is 5.69 Å². The van der Waals surface area contributed by atoms with Gasteiger partial charge >= 0.3 is 12.3 Å². The molecule has 2 fully saturated rings. The minimum absolute atomic E-state index is 0.0487. The number of alkyl halides is 3. The highest BCUT2D eigenvalue weighted by Crippen LogP contribution is 2.56. The van der Waals surface area contributed by atoms with Gasteiger partial charge in [-0.05, 0) is 67.1 Å². The lowest BCUT2D eigenvalue weighted by molar-refractivity contribution is -0.145. The summed E-state index contributed by atoms with van der Waals surface area (Å²) in [4.78, 5) is 16.6. The van der Waals surface area contributed by atoms with Crippen LogP contribution in [-0.4, -0.2) is 34.6 Å². The Morgan fingerprint density at radius 1 is 1.11 bits per heavy atom. The second-order valence-electron chi connectivity index (χ2n) is 11.2. The number of imidazole rings is 1. The SMILES string of the molecule is COc1ccc(-n2ccnc2C(F)(F)F)cc1C1CC2(CCCC2c2ccc(F)cc2)OC1NC(=O)OCc1ccccc1. The molecular weight excluding hydrogens is 578 g/mol. The van der Waals surface area contributed by atoms with Gasteiger partial charge in [0.25, 0.3) is 0 Å². The van der Waals surface area contributed by atoms with Gasteiger partial charge in [-0.3, -0.25) is 9.88 Å². The van der Waals surface area contributed by atoms with Crippen molar-refractivity contribution in [3.63, 3.8) is 0 Å². The fourth-order valence-electron chi connectivity index (χ4n) is 6.62. The lowest BCUT2D eigenvalue weighted by atomic mass is 9.79. The lowest BCUT2D eigenvalue weighted by Gasteiger charge is -2.32. The highest BCUT2D eigenvalue weighted by Gasteiger charge is 2.55. The van der Waals surface area contributed by atoms with Crippen LogP contribution in [0.3, 0.4) is 0 Å². The highest BCUT2D eigenvalue weighted by atomic mass is 19.4. The van der Waals surface area contributed by atoms with Crippen molar-refractivity contribution in [3.8, 4) is 11.4 Å². The topological polar surface area (TPSA) is 74.6 Å². The molecule has 1 spiro atoms. The third-order valence-corrected chi connectivity index (χ3v) is 8.55. The van der Waals surface area contributed by atoms with Crippen molar-refractivity contribution in [3.05, 3.63) is 114 Å². The number of halogens is 4. The molecule has 4 aromatic rings. The summed E-state index contributed by atoms with van der Waals surface area (Å²) in [7, 11) is 1.48. The normalized spacial score (nSPS) is 23.2. The summed E-state index contributed by atoms with van der Waals surface area (Å²) in [5.41, 5.74) is 1.82. The number of alkyl carbamates (subject to hydrolysis) is 1. The number of rotatable bonds is 7. The van der Waals surface area contributed by atoms with Crippen LogP contribution in [0.1, 0.15) is 60.0 Å². The van der Waals surface area contributed by atoms with Crippen molar-refractivity contribution >= 4 is 6.09 Å². The van der Waals surface area contributed by atoms with Gasteiger partial charge in [0.2, 0.25) is 5.82 Å². The molecule has 4 unspecified atom stereocenters. The molecule has 44 heavy (non-hydrogen) atoms. The first-order chi connectivity index (χ1) is 21.2. The number of carbonyl (C=O) groups is 1. The first-order valence-electron chi connectivity index (χ1n) is 14.4. The Morgan fingerprint density at radius 3 is 2.61 bits per heavy atom. The molecule has 1 aliphatic carbocycles. The number of ether oxygens (including phenoxy) is 3. The number of benzene rings is 3. The quantitative estimate of drug-likeness (QED) is 0.220. The molecule has 6 rings (SSSR count). The summed E-state index contributed by atoms with van der Waals surface area (Å²) in [5.74, 6) is -1.55. The van der Waals surface area contributed by atoms with E-state index in [2.05, 4.69) is 10.3 Å². The zero-order chi connectivity index (χ0) is 30.9. The molecule has 7 nitrogen and oxygen atoms in total. The van der Waals surface area contributed by atoms with Gasteiger partial charge in [0.15, 0.2) is 0 Å². The van der Waals surface area contributed by atoms with E-state index in [9.17, 15) is 22.4 Å². The second kappa shape index (κ2) is 12.0. The first-order valence-corrected chi connectivity index (χ1v) is 14.4. The molecule has 4 atom stereocenters. The fourth-order valence-corrected chi connectivity index (χ4v) is 6.62. The molecule has 230 valence electrons. The molecule has 2 aliphatic rings. The Labute approximate surface area is 251 Å². The number of nitrogens with zero attached hydrogens (tertiary/aromatic N) is 2. The van der Waals surface area contributed by atoms with Gasteiger partial charge in [-0.2, -0.15) is 13.2 Å². The van der Waals surface area contributed by atoms with Crippen LogP contribution in [0.5, 0.6) is 5.75 Å². The van der Waals surface area contributed by atoms with E-state index in [0.29, 0.717) is 24.2 Å². The van der Waals surface area contributed by atoms with Crippen molar-refractivity contribution in [2.24, 2.45) is 0 Å². The molecule has 0 bridgehead atoms. The van der Waals surface area contributed by atoms with Gasteiger partial charge in [-0.25, -0.2) is 14.2 Å². The van der Waals surface area contributed by atoms with E-state index in [1.165, 1.54) is 31.5 Å². The highest BCUT2D eigenvalue weighted by molar-refractivity contribution is 5.68. The monoisotopic (exact) mass is 609 g/mol. The standard InChI is InChI=1S/C33H31F4N3O4/c1-42-28-14-13-24(40-17-16-38-30(40)33(35,36)37)18-25(28)26-19-32(15-5-8-27(32)22-9-11-23(34)12-10-22)44-29(26)39-31(41)43-20-21-6-3-2-4-7-21/h2-4,6-7,9-14,16-18,26-27,29H,5,8,15,19-20H2,1H3,(H,39,41). The van der Waals surface area contributed by atoms with Gasteiger partial charge in [0.05, 0.1) is 12.7 Å². The van der Waals surface area contributed by atoms with Crippen molar-refractivity contribution < 1.29 is 36.6 Å². The van der Waals surface area contributed by atoms with Crippen LogP contribution < -0.4 is 10.1 Å². The molecule has 2 heterocycles. The summed E-state index contributed by atoms with van der Waals surface area (Å²) in [6.07, 6.45) is -1.12. The summed E-state index contributed by atoms with van der Waals surface area (Å²) >= 11 is 0. The molecule has 1 aliphatic heterocycles. The second-order valence-corrected chi connectivity index (χ2v) is 11.2. The van der Waals surface area contributed by atoms with Crippen molar-refractivity contribution in [2.75, 3.05) is 7.11 Å². The fraction of sp³-hybridized carbons (Fsp3) is 0.333. The first kappa shape index (κ1) is 29.7. The Hall–Kier alpha value is -4.38. The molecular formula is C33H31F4N3O4. The molecule has 1 aromatic heterocycles. The smallest absolute Gasteiger partial charge is 0.450 e. The predicted octanol–water partition coefficient (Wildman–Crippen LogP) is 7.50. The van der Waals surface area contributed by atoms with E-state index in [0.717, 1.165) is 34.7 Å². The number of amides is 1. The number of methoxy groups -OCH3 is 1. The minimum atomic E-state index is -4.66. The van der Waals surface area contributed by atoms with Crippen LogP contribution in [-0.2, 0) is 22.3 Å². The molecule has 0 radical (unpaired) electrons. The summed E-state index contributed by atoms with van der Waals surface area (Å²) < 4.78 is 73.9. The number of carbonyl (C=O) groups excluding carboxylic acids is 1. The zero-order valence-electron chi connectivity index (χ0n) is 23.9. The lowest BCUT2D eigenvalue weighted by Crippen LogP contribution is -2.40. The Kier molecular flexibility index (Phi) is 8.06. The average Bonchev–Trinajstić information content (AvgIpc) is 3.76. The van der Waals surface area contributed by atoms with Gasteiger partial charge in [-0.15, -0.1) is 0 Å². The van der Waals surface area contributed by atoms with Gasteiger partial charge in [0, 0.05) is 35.5 Å². The van der Waals surface area contributed by atoms with Crippen LogP contribution in [0.2, 0.25) is 0 Å². The Morgan fingerprint density at radius 2 is 1.89 bits per heavy atom. The van der Waals surface area contributed by atoms with Crippen molar-refractivity contribution in [1.29, 1.82) is 0 Å². The number of nitrogens with one attached hydrogen (secondary N) is 1. The van der Waals surface area contributed by atoms with Gasteiger partial charge < -0.3 is 14.2 Å². The number of hydrogen-bond acceptors (Lipinski definition) is 5. The number of hydrogen-bond donors (Lipinski definition) is 1. The van der Waals surface area contributed by atoms with E-state index in [-0.39, 0.29) is 24.0 Å². The van der Waals surface area contributed by atoms with Crippen molar-refractivity contribution in [2.45, 2.75) is 62.1 Å². The summed E-state index contributed by atoms with van der Waals surface area (Å²) in [5, 5.41) is 2.87. The Bertz CT molecular complexity index is 1610. The van der Waals surface area contributed by atoms with Crippen LogP contribution in [0.15, 0.2) is 85.2 Å². The molecule has 11 heteroatoms. The predicted molar refractivity (Wildman–Crippen MR) is 153 cm³/mol. The third-order valence-electron chi connectivity index (χ3n) is 8.55. The maximum absolute atomic E-state index is 13.8. The molecule has 1 saturated heterocycles. The maximum atomic E-state index is 13.8. The zero-order valence-corrected chi connectivity index (χ0v) is 23.9. The largest absolute Gasteiger partial charge is 0.496 e. The van der Waals surface area contributed by atoms with Crippen molar-refractivity contribution in [1.82, 2.24) is 14.9 Å². The van der Waals surface area contributed by atoms with Crippen LogP contribution in [0.4, 0.5) is 22.4 Å². The number of aromatic nitrogens is 2. The van der Waals surface area contributed by atoms with Crippen LogP contribution in [0, 0.1) is 5.82 Å². The molecule has 1 N–H and O–H groups in total. The molecule has 3 aromatic carbocycles. The average molecular weight is 610 g/mol. The van der Waals surface area contributed by atoms with E-state index in [1.54, 1.807) is 24.3 Å². The van der Waals surface area contributed by atoms with E-state index in [4.69, 9.17) is 14.2 Å². The van der Waals surface area contributed by atoms with Gasteiger partial charge in [-0.1, -0.05) is 42.5 Å². The molecule has 1 amide bonds. The summed E-state index contributed by atoms with van der Waals surface area (Å²) in [6, 6.07) is 20.3.